The number of aryl methyl sites for hydroxylation is 2. The molecule has 4 N–H and O–H groups in total. The van der Waals surface area contributed by atoms with Crippen LogP contribution in [-0.4, -0.2) is 16.2 Å². The van der Waals surface area contributed by atoms with Gasteiger partial charge in [-0.15, -0.1) is 0 Å². The highest BCUT2D eigenvalue weighted by atomic mass is 32.1. The Morgan fingerprint density at radius 1 is 1.47 bits per heavy atom. The van der Waals surface area contributed by atoms with E-state index in [2.05, 4.69) is 17.5 Å². The minimum Gasteiger partial charge on any atom is -0.478 e. The number of anilines is 1. The van der Waals surface area contributed by atoms with Crippen molar-refractivity contribution in [3.8, 4) is 0 Å². The maximum Gasteiger partial charge on any atom is 0.337 e. The van der Waals surface area contributed by atoms with Crippen molar-refractivity contribution in [2.45, 2.75) is 13.8 Å². The highest BCUT2D eigenvalue weighted by molar-refractivity contribution is 7.80. The Hall–Kier alpha value is -1.62. The van der Waals surface area contributed by atoms with E-state index in [1.54, 1.807) is 13.0 Å². The molecule has 0 unspecified atom stereocenters. The molecule has 0 aliphatic heterocycles. The molecule has 0 spiro atoms. The third-order valence-electron chi connectivity index (χ3n) is 1.96. The average molecular weight is 224 g/mol. The van der Waals surface area contributed by atoms with Crippen molar-refractivity contribution in [3.63, 3.8) is 0 Å². The number of hydrogen-bond donors (Lipinski definition) is 3. The first-order chi connectivity index (χ1) is 6.91. The summed E-state index contributed by atoms with van der Waals surface area (Å²) in [5, 5.41) is 11.7. The van der Waals surface area contributed by atoms with Gasteiger partial charge in [0.1, 0.15) is 0 Å². The second-order valence-corrected chi connectivity index (χ2v) is 3.74. The van der Waals surface area contributed by atoms with Gasteiger partial charge in [0.2, 0.25) is 0 Å². The van der Waals surface area contributed by atoms with Crippen molar-refractivity contribution in [2.24, 2.45) is 5.73 Å². The van der Waals surface area contributed by atoms with Crippen LogP contribution in [0.1, 0.15) is 21.5 Å². The third kappa shape index (κ3) is 2.66. The topological polar surface area (TPSA) is 75.3 Å². The lowest BCUT2D eigenvalue weighted by molar-refractivity contribution is 0.0698. The van der Waals surface area contributed by atoms with Crippen molar-refractivity contribution in [2.75, 3.05) is 5.32 Å². The van der Waals surface area contributed by atoms with Gasteiger partial charge in [0, 0.05) is 0 Å². The molecule has 0 saturated carbocycles. The Balaban J connectivity index is 3.33. The van der Waals surface area contributed by atoms with E-state index in [1.807, 2.05) is 13.0 Å². The quantitative estimate of drug-likeness (QED) is 0.666. The first-order valence-electron chi connectivity index (χ1n) is 4.33. The summed E-state index contributed by atoms with van der Waals surface area (Å²) in [7, 11) is 0. The van der Waals surface area contributed by atoms with E-state index in [1.165, 1.54) is 0 Å². The predicted molar refractivity (Wildman–Crippen MR) is 63.3 cm³/mol. The molecule has 15 heavy (non-hydrogen) atoms. The number of carboxylic acids is 1. The Morgan fingerprint density at radius 3 is 2.53 bits per heavy atom. The maximum atomic E-state index is 11.0. The van der Waals surface area contributed by atoms with Crippen LogP contribution in [-0.2, 0) is 0 Å². The first-order valence-corrected chi connectivity index (χ1v) is 4.73. The molecule has 4 nitrogen and oxygen atoms in total. The van der Waals surface area contributed by atoms with Crippen LogP contribution in [0.25, 0.3) is 0 Å². The van der Waals surface area contributed by atoms with Crippen molar-refractivity contribution in [3.05, 3.63) is 28.8 Å². The minimum absolute atomic E-state index is 0.0597. The van der Waals surface area contributed by atoms with Crippen LogP contribution in [0.2, 0.25) is 0 Å². The molecule has 0 amide bonds. The van der Waals surface area contributed by atoms with E-state index in [-0.39, 0.29) is 10.7 Å². The molecule has 0 atom stereocenters. The number of aromatic carboxylic acids is 1. The zero-order valence-electron chi connectivity index (χ0n) is 8.50. The van der Waals surface area contributed by atoms with Gasteiger partial charge in [0.25, 0.3) is 0 Å². The summed E-state index contributed by atoms with van der Waals surface area (Å²) >= 11 is 4.69. The number of thiocarbonyl (C=S) groups is 1. The van der Waals surface area contributed by atoms with Gasteiger partial charge in [-0.2, -0.15) is 0 Å². The minimum atomic E-state index is -0.999. The van der Waals surface area contributed by atoms with Crippen molar-refractivity contribution >= 4 is 29.0 Å². The summed E-state index contributed by atoms with van der Waals surface area (Å²) in [5.74, 6) is -0.999. The Morgan fingerprint density at radius 2 is 2.07 bits per heavy atom. The summed E-state index contributed by atoms with van der Waals surface area (Å²) < 4.78 is 0. The molecule has 1 rings (SSSR count). The molecule has 0 fully saturated rings. The Kier molecular flexibility index (Phi) is 3.26. The second kappa shape index (κ2) is 4.27. The van der Waals surface area contributed by atoms with E-state index >= 15 is 0 Å². The van der Waals surface area contributed by atoms with E-state index in [9.17, 15) is 4.79 Å². The van der Waals surface area contributed by atoms with Crippen molar-refractivity contribution < 1.29 is 9.90 Å². The normalized spacial score (nSPS) is 9.73. The fourth-order valence-corrected chi connectivity index (χ4v) is 1.53. The standard InChI is InChI=1S/C10H12N2O2S/c1-5-3-6(2)8(12-10(11)15)7(4-5)9(13)14/h3-4H,1-2H3,(H,13,14)(H3,11,12,15). The largest absolute Gasteiger partial charge is 0.478 e. The summed E-state index contributed by atoms with van der Waals surface area (Å²) in [4.78, 5) is 11.0. The predicted octanol–water partition coefficient (Wildman–Crippen LogP) is 1.66. The number of nitrogens with two attached hydrogens (primary N) is 1. The number of nitrogens with one attached hydrogen (secondary N) is 1. The van der Waals surface area contributed by atoms with Crippen molar-refractivity contribution in [1.82, 2.24) is 0 Å². The monoisotopic (exact) mass is 224 g/mol. The lowest BCUT2D eigenvalue weighted by Gasteiger charge is -2.12. The molecule has 5 heteroatoms. The molecule has 0 heterocycles. The van der Waals surface area contributed by atoms with Crippen LogP contribution < -0.4 is 11.1 Å². The second-order valence-electron chi connectivity index (χ2n) is 3.30. The summed E-state index contributed by atoms with van der Waals surface area (Å²) in [5.41, 5.74) is 7.66. The highest BCUT2D eigenvalue weighted by Gasteiger charge is 2.13. The van der Waals surface area contributed by atoms with Gasteiger partial charge in [-0.3, -0.25) is 0 Å². The lowest BCUT2D eigenvalue weighted by atomic mass is 10.0. The fraction of sp³-hybridized carbons (Fsp3) is 0.200. The van der Waals surface area contributed by atoms with Gasteiger partial charge in [0.15, 0.2) is 5.11 Å². The molecule has 1 aromatic rings. The van der Waals surface area contributed by atoms with Crippen LogP contribution in [0.3, 0.4) is 0 Å². The van der Waals surface area contributed by atoms with E-state index in [4.69, 9.17) is 10.8 Å². The van der Waals surface area contributed by atoms with Gasteiger partial charge in [0.05, 0.1) is 11.3 Å². The van der Waals surface area contributed by atoms with Gasteiger partial charge >= 0.3 is 5.97 Å². The van der Waals surface area contributed by atoms with Gasteiger partial charge in [-0.25, -0.2) is 4.79 Å². The number of benzene rings is 1. The Labute approximate surface area is 93.1 Å². The molecule has 0 aromatic heterocycles. The molecule has 0 radical (unpaired) electrons. The number of carboxylic acid groups (broad SMARTS) is 1. The molecular formula is C10H12N2O2S. The zero-order valence-corrected chi connectivity index (χ0v) is 9.31. The van der Waals surface area contributed by atoms with Gasteiger partial charge in [-0.1, -0.05) is 6.07 Å². The number of rotatable bonds is 2. The molecule has 80 valence electrons. The fourth-order valence-electron chi connectivity index (χ4n) is 1.43. The van der Waals surface area contributed by atoms with Crippen LogP contribution in [0.4, 0.5) is 5.69 Å². The summed E-state index contributed by atoms with van der Waals surface area (Å²) in [6.45, 7) is 3.64. The smallest absolute Gasteiger partial charge is 0.337 e. The Bertz CT molecular complexity index is 430. The van der Waals surface area contributed by atoms with Crippen molar-refractivity contribution in [1.29, 1.82) is 0 Å². The summed E-state index contributed by atoms with van der Waals surface area (Å²) in [6, 6.07) is 3.45. The van der Waals surface area contributed by atoms with Crippen LogP contribution >= 0.6 is 12.2 Å². The maximum absolute atomic E-state index is 11.0. The van der Waals surface area contributed by atoms with E-state index in [0.29, 0.717) is 5.69 Å². The third-order valence-corrected chi connectivity index (χ3v) is 2.06. The zero-order chi connectivity index (χ0) is 11.6. The van der Waals surface area contributed by atoms with Crippen LogP contribution in [0.15, 0.2) is 12.1 Å². The van der Waals surface area contributed by atoms with Gasteiger partial charge in [-0.05, 0) is 43.3 Å². The molecule has 1 aromatic carbocycles. The molecule has 0 bridgehead atoms. The number of hydrogen-bond acceptors (Lipinski definition) is 2. The number of carbonyl (C=O) groups is 1. The first kappa shape index (κ1) is 11.5. The van der Waals surface area contributed by atoms with E-state index < -0.39 is 5.97 Å². The van der Waals surface area contributed by atoms with E-state index in [0.717, 1.165) is 11.1 Å². The average Bonchev–Trinajstić information content (AvgIpc) is 2.08. The van der Waals surface area contributed by atoms with Crippen LogP contribution in [0, 0.1) is 13.8 Å². The highest BCUT2D eigenvalue weighted by Crippen LogP contribution is 2.22. The molecule has 0 saturated heterocycles. The van der Waals surface area contributed by atoms with Gasteiger partial charge < -0.3 is 16.2 Å². The SMILES string of the molecule is Cc1cc(C)c(NC(N)=S)c(C(=O)O)c1. The lowest BCUT2D eigenvalue weighted by Crippen LogP contribution is -2.21. The summed E-state index contributed by atoms with van der Waals surface area (Å²) in [6.07, 6.45) is 0. The molecule has 0 aliphatic rings. The van der Waals surface area contributed by atoms with Crippen LogP contribution in [0.5, 0.6) is 0 Å². The molecular weight excluding hydrogens is 212 g/mol. The molecule has 0 aliphatic carbocycles.